The van der Waals surface area contributed by atoms with Crippen LogP contribution in [0.3, 0.4) is 0 Å². The highest BCUT2D eigenvalue weighted by molar-refractivity contribution is 7.89. The quantitative estimate of drug-likeness (QED) is 0.587. The van der Waals surface area contributed by atoms with Crippen molar-refractivity contribution < 1.29 is 27.5 Å². The van der Waals surface area contributed by atoms with Gasteiger partial charge in [-0.3, -0.25) is 4.79 Å². The van der Waals surface area contributed by atoms with Crippen LogP contribution in [0.15, 0.2) is 47.4 Å². The van der Waals surface area contributed by atoms with E-state index in [1.807, 2.05) is 13.8 Å². The lowest BCUT2D eigenvalue weighted by atomic mass is 9.98. The molecule has 1 amide bonds. The monoisotopic (exact) mass is 474 g/mol. The Morgan fingerprint density at radius 3 is 2.45 bits per heavy atom. The number of nitrogens with zero attached hydrogens (tertiary/aromatic N) is 1. The molecule has 178 valence electrons. The van der Waals surface area contributed by atoms with Crippen molar-refractivity contribution in [1.82, 2.24) is 4.31 Å². The zero-order valence-electron chi connectivity index (χ0n) is 19.2. The molecule has 1 fully saturated rings. The summed E-state index contributed by atoms with van der Waals surface area (Å²) in [5.41, 5.74) is 1.68. The zero-order chi connectivity index (χ0) is 24.0. The first kappa shape index (κ1) is 24.7. The van der Waals surface area contributed by atoms with Crippen LogP contribution >= 0.6 is 0 Å². The highest BCUT2D eigenvalue weighted by atomic mass is 32.2. The van der Waals surface area contributed by atoms with Crippen molar-refractivity contribution in [2.45, 2.75) is 38.5 Å². The number of rotatable bonds is 8. The lowest BCUT2D eigenvalue weighted by molar-refractivity contribution is -0.120. The van der Waals surface area contributed by atoms with Crippen molar-refractivity contribution in [3.8, 4) is 5.75 Å². The number of ether oxygens (including phenoxy) is 2. The van der Waals surface area contributed by atoms with Crippen LogP contribution in [0.25, 0.3) is 0 Å². The number of nitrogens with one attached hydrogen (secondary N) is 1. The highest BCUT2D eigenvalue weighted by Gasteiger charge is 2.33. The molecule has 0 saturated carbocycles. The molecular formula is C24H30N2O6S. The third-order valence-electron chi connectivity index (χ3n) is 5.50. The summed E-state index contributed by atoms with van der Waals surface area (Å²) in [6.07, 6.45) is 1.19. The van der Waals surface area contributed by atoms with E-state index in [1.54, 1.807) is 49.4 Å². The molecule has 2 aromatic rings. The van der Waals surface area contributed by atoms with Gasteiger partial charge in [0.05, 0.1) is 29.6 Å². The lowest BCUT2D eigenvalue weighted by Crippen LogP contribution is -2.43. The molecule has 1 atom stereocenters. The molecule has 2 aromatic carbocycles. The second-order valence-corrected chi connectivity index (χ2v) is 9.79. The summed E-state index contributed by atoms with van der Waals surface area (Å²) in [6, 6.07) is 11.2. The number of carbonyl (C=O) groups is 2. The molecule has 0 aliphatic carbocycles. The van der Waals surface area contributed by atoms with Gasteiger partial charge in [0, 0.05) is 18.8 Å². The van der Waals surface area contributed by atoms with Gasteiger partial charge in [-0.05, 0) is 81.6 Å². The molecule has 8 nitrogen and oxygen atoms in total. The van der Waals surface area contributed by atoms with E-state index in [2.05, 4.69) is 5.32 Å². The molecule has 1 N–H and O–H groups in total. The number of hydrogen-bond donors (Lipinski definition) is 1. The Morgan fingerprint density at radius 1 is 1.09 bits per heavy atom. The van der Waals surface area contributed by atoms with E-state index in [0.717, 1.165) is 5.56 Å². The van der Waals surface area contributed by atoms with Gasteiger partial charge in [0.2, 0.25) is 15.9 Å². The number of esters is 1. The predicted octanol–water partition coefficient (Wildman–Crippen LogP) is 3.61. The summed E-state index contributed by atoms with van der Waals surface area (Å²) in [4.78, 5) is 24.8. The van der Waals surface area contributed by atoms with E-state index in [9.17, 15) is 18.0 Å². The number of anilines is 1. The number of sulfonamides is 1. The van der Waals surface area contributed by atoms with E-state index in [0.29, 0.717) is 43.0 Å². The molecule has 33 heavy (non-hydrogen) atoms. The van der Waals surface area contributed by atoms with Crippen molar-refractivity contribution in [1.29, 1.82) is 0 Å². The SMILES string of the molecule is CCOC(=O)c1ccc(NC(=O)[C@@H]2CCCN(S(=O)(=O)c3ccc(OCC)c(C)c3)C2)cc1. The molecule has 0 spiro atoms. The van der Waals surface area contributed by atoms with Crippen LogP contribution < -0.4 is 10.1 Å². The van der Waals surface area contributed by atoms with Crippen LogP contribution in [-0.2, 0) is 19.6 Å². The van der Waals surface area contributed by atoms with Crippen molar-refractivity contribution in [3.63, 3.8) is 0 Å². The Bertz CT molecular complexity index is 1100. The molecule has 1 aliphatic heterocycles. The molecule has 9 heteroatoms. The molecule has 0 aromatic heterocycles. The normalized spacial score (nSPS) is 16.8. The number of hydrogen-bond acceptors (Lipinski definition) is 6. The molecule has 0 radical (unpaired) electrons. The standard InChI is InChI=1S/C24H30N2O6S/c1-4-31-22-13-12-21(15-17(22)3)33(29,30)26-14-6-7-19(16-26)23(27)25-20-10-8-18(9-11-20)24(28)32-5-2/h8-13,15,19H,4-7,14,16H2,1-3H3,(H,25,27)/t19-/m1/s1. The first-order valence-corrected chi connectivity index (χ1v) is 12.5. The summed E-state index contributed by atoms with van der Waals surface area (Å²) >= 11 is 0. The molecular weight excluding hydrogens is 444 g/mol. The summed E-state index contributed by atoms with van der Waals surface area (Å²) in [5.74, 6) is -0.488. The van der Waals surface area contributed by atoms with Gasteiger partial charge in [0.25, 0.3) is 0 Å². The summed E-state index contributed by atoms with van der Waals surface area (Å²) < 4.78 is 38.2. The topological polar surface area (TPSA) is 102 Å². The Hall–Kier alpha value is -2.91. The average molecular weight is 475 g/mol. The fraction of sp³-hybridized carbons (Fsp3) is 0.417. The van der Waals surface area contributed by atoms with Gasteiger partial charge in [-0.2, -0.15) is 4.31 Å². The lowest BCUT2D eigenvalue weighted by Gasteiger charge is -2.31. The second-order valence-electron chi connectivity index (χ2n) is 7.85. The predicted molar refractivity (Wildman–Crippen MR) is 125 cm³/mol. The van der Waals surface area contributed by atoms with Crippen molar-refractivity contribution in [2.75, 3.05) is 31.6 Å². The Balaban J connectivity index is 1.67. The smallest absolute Gasteiger partial charge is 0.338 e. The Morgan fingerprint density at radius 2 is 1.82 bits per heavy atom. The number of benzene rings is 2. The Labute approximate surface area is 194 Å². The van der Waals surface area contributed by atoms with Crippen molar-refractivity contribution >= 4 is 27.6 Å². The number of amides is 1. The molecule has 1 aliphatic rings. The number of piperidine rings is 1. The number of aryl methyl sites for hydroxylation is 1. The maximum Gasteiger partial charge on any atom is 0.338 e. The van der Waals surface area contributed by atoms with Gasteiger partial charge in [-0.15, -0.1) is 0 Å². The fourth-order valence-electron chi connectivity index (χ4n) is 3.77. The average Bonchev–Trinajstić information content (AvgIpc) is 2.81. The minimum Gasteiger partial charge on any atom is -0.494 e. The fourth-order valence-corrected chi connectivity index (χ4v) is 5.38. The molecule has 0 bridgehead atoms. The minimum atomic E-state index is -3.73. The van der Waals surface area contributed by atoms with Gasteiger partial charge in [0.1, 0.15) is 5.75 Å². The maximum absolute atomic E-state index is 13.2. The zero-order valence-corrected chi connectivity index (χ0v) is 20.0. The van der Waals surface area contributed by atoms with Crippen LogP contribution in [-0.4, -0.2) is 50.9 Å². The van der Waals surface area contributed by atoms with E-state index < -0.39 is 21.9 Å². The Kier molecular flexibility index (Phi) is 8.10. The van der Waals surface area contributed by atoms with Crippen LogP contribution in [0.4, 0.5) is 5.69 Å². The van der Waals surface area contributed by atoms with Crippen LogP contribution in [0.2, 0.25) is 0 Å². The first-order chi connectivity index (χ1) is 15.8. The van der Waals surface area contributed by atoms with Crippen LogP contribution in [0.1, 0.15) is 42.6 Å². The molecule has 0 unspecified atom stereocenters. The van der Waals surface area contributed by atoms with Crippen LogP contribution in [0, 0.1) is 12.8 Å². The highest BCUT2D eigenvalue weighted by Crippen LogP contribution is 2.28. The van der Waals surface area contributed by atoms with Gasteiger partial charge >= 0.3 is 5.97 Å². The largest absolute Gasteiger partial charge is 0.494 e. The van der Waals surface area contributed by atoms with Gasteiger partial charge in [-0.25, -0.2) is 13.2 Å². The maximum atomic E-state index is 13.2. The van der Waals surface area contributed by atoms with E-state index in [4.69, 9.17) is 9.47 Å². The minimum absolute atomic E-state index is 0.112. The van der Waals surface area contributed by atoms with Crippen molar-refractivity contribution in [3.05, 3.63) is 53.6 Å². The number of carbonyl (C=O) groups excluding carboxylic acids is 2. The van der Waals surface area contributed by atoms with Gasteiger partial charge in [-0.1, -0.05) is 0 Å². The third-order valence-corrected chi connectivity index (χ3v) is 7.36. The first-order valence-electron chi connectivity index (χ1n) is 11.1. The van der Waals surface area contributed by atoms with E-state index in [-0.39, 0.29) is 24.0 Å². The molecule has 1 saturated heterocycles. The summed E-state index contributed by atoms with van der Waals surface area (Å²) in [5, 5.41) is 2.82. The van der Waals surface area contributed by atoms with E-state index in [1.165, 1.54) is 4.31 Å². The van der Waals surface area contributed by atoms with Crippen LogP contribution in [0.5, 0.6) is 5.75 Å². The van der Waals surface area contributed by atoms with Crippen molar-refractivity contribution in [2.24, 2.45) is 5.92 Å². The van der Waals surface area contributed by atoms with E-state index >= 15 is 0 Å². The van der Waals surface area contributed by atoms with Gasteiger partial charge < -0.3 is 14.8 Å². The second kappa shape index (κ2) is 10.8. The summed E-state index contributed by atoms with van der Waals surface area (Å²) in [6.45, 7) is 6.68. The molecule has 1 heterocycles. The molecule has 3 rings (SSSR count). The summed E-state index contributed by atoms with van der Waals surface area (Å²) in [7, 11) is -3.73. The van der Waals surface area contributed by atoms with Gasteiger partial charge in [0.15, 0.2) is 0 Å². The third kappa shape index (κ3) is 5.91.